The Kier molecular flexibility index (Phi) is 4.42. The first-order valence-corrected chi connectivity index (χ1v) is 9.48. The Morgan fingerprint density at radius 3 is 2.26 bits per heavy atom. The van der Waals surface area contributed by atoms with Crippen LogP contribution in [0.1, 0.15) is 65.1 Å². The monoisotopic (exact) mass is 364 g/mol. The molecule has 1 heterocycles. The molecule has 0 aliphatic heterocycles. The van der Waals surface area contributed by atoms with E-state index >= 15 is 0 Å². The molecule has 1 aromatic heterocycles. The summed E-state index contributed by atoms with van der Waals surface area (Å²) in [5.74, 6) is -0.220. The summed E-state index contributed by atoms with van der Waals surface area (Å²) in [6.45, 7) is 1.82. The summed E-state index contributed by atoms with van der Waals surface area (Å²) in [6, 6.07) is 9.30. The summed E-state index contributed by atoms with van der Waals surface area (Å²) >= 11 is 0. The van der Waals surface area contributed by atoms with Crippen molar-refractivity contribution in [1.29, 1.82) is 0 Å². The topological polar surface area (TPSA) is 84.0 Å². The van der Waals surface area contributed by atoms with Crippen LogP contribution in [0.4, 0.5) is 0 Å². The Morgan fingerprint density at radius 1 is 0.926 bits per heavy atom. The van der Waals surface area contributed by atoms with E-state index < -0.39 is 0 Å². The number of carbonyl (C=O) groups excluding carboxylic acids is 2. The molecule has 2 fully saturated rings. The van der Waals surface area contributed by atoms with Crippen LogP contribution in [0.25, 0.3) is 0 Å². The van der Waals surface area contributed by atoms with Gasteiger partial charge in [-0.1, -0.05) is 18.2 Å². The lowest BCUT2D eigenvalue weighted by Crippen LogP contribution is -2.55. The van der Waals surface area contributed by atoms with E-state index in [1.165, 1.54) is 6.20 Å². The zero-order valence-corrected chi connectivity index (χ0v) is 15.5. The summed E-state index contributed by atoms with van der Waals surface area (Å²) in [5.41, 5.74) is 1.23. The average molecular weight is 364 g/mol. The number of nitrogens with zero attached hydrogens (tertiary/aromatic N) is 2. The van der Waals surface area contributed by atoms with Crippen molar-refractivity contribution in [3.05, 3.63) is 59.7 Å². The van der Waals surface area contributed by atoms with Gasteiger partial charge in [0.15, 0.2) is 0 Å². The number of aryl methyl sites for hydroxylation is 1. The van der Waals surface area contributed by atoms with Crippen LogP contribution < -0.4 is 10.6 Å². The van der Waals surface area contributed by atoms with Gasteiger partial charge in [-0.2, -0.15) is 0 Å². The summed E-state index contributed by atoms with van der Waals surface area (Å²) in [5, 5.41) is 6.48. The molecule has 140 valence electrons. The molecule has 2 saturated carbocycles. The first kappa shape index (κ1) is 17.6. The minimum absolute atomic E-state index is 0.0378. The molecular formula is C21H24N4O2. The van der Waals surface area contributed by atoms with Gasteiger partial charge in [-0.3, -0.25) is 14.6 Å². The number of fused-ring (bicyclic) bond motifs is 2. The number of carbonyl (C=O) groups is 2. The van der Waals surface area contributed by atoms with Crippen molar-refractivity contribution in [2.24, 2.45) is 0 Å². The Balaban J connectivity index is 1.48. The van der Waals surface area contributed by atoms with Crippen molar-refractivity contribution in [2.75, 3.05) is 0 Å². The fourth-order valence-electron chi connectivity index (χ4n) is 4.61. The largest absolute Gasteiger partial charge is 0.347 e. The normalized spacial score (nSPS) is 26.4. The van der Waals surface area contributed by atoms with Gasteiger partial charge in [-0.25, -0.2) is 4.98 Å². The van der Waals surface area contributed by atoms with Crippen LogP contribution in [0.15, 0.2) is 42.7 Å². The number of hydrogen-bond acceptors (Lipinski definition) is 4. The fourth-order valence-corrected chi connectivity index (χ4v) is 4.61. The second kappa shape index (κ2) is 6.76. The zero-order valence-electron chi connectivity index (χ0n) is 15.5. The van der Waals surface area contributed by atoms with Crippen molar-refractivity contribution >= 4 is 11.8 Å². The van der Waals surface area contributed by atoms with Crippen molar-refractivity contribution in [3.8, 4) is 0 Å². The lowest BCUT2D eigenvalue weighted by molar-refractivity contribution is 0.0829. The summed E-state index contributed by atoms with van der Waals surface area (Å²) in [7, 11) is 0. The van der Waals surface area contributed by atoms with E-state index in [4.69, 9.17) is 0 Å². The number of aromatic nitrogens is 2. The van der Waals surface area contributed by atoms with E-state index in [1.54, 1.807) is 6.20 Å². The smallest absolute Gasteiger partial charge is 0.271 e. The van der Waals surface area contributed by atoms with Gasteiger partial charge in [0.1, 0.15) is 5.69 Å². The van der Waals surface area contributed by atoms with Crippen LogP contribution in [-0.4, -0.2) is 32.9 Å². The van der Waals surface area contributed by atoms with Crippen molar-refractivity contribution in [1.82, 2.24) is 20.6 Å². The molecule has 6 nitrogen and oxygen atoms in total. The predicted octanol–water partition coefficient (Wildman–Crippen LogP) is 2.79. The summed E-state index contributed by atoms with van der Waals surface area (Å²) in [4.78, 5) is 33.7. The summed E-state index contributed by atoms with van der Waals surface area (Å²) in [6.07, 6.45) is 8.52. The van der Waals surface area contributed by atoms with E-state index in [-0.39, 0.29) is 22.9 Å². The van der Waals surface area contributed by atoms with Gasteiger partial charge < -0.3 is 10.6 Å². The molecule has 2 atom stereocenters. The minimum atomic E-state index is -0.273. The molecule has 27 heavy (non-hydrogen) atoms. The number of nitrogens with one attached hydrogen (secondary N) is 2. The second-order valence-corrected chi connectivity index (χ2v) is 7.91. The van der Waals surface area contributed by atoms with Crippen LogP contribution in [-0.2, 0) is 0 Å². The standard InChI is InChI=1S/C21H24N4O2/c1-15-12-22-13-17(23-15)19(27)25-21-9-5-8-20(14-21,10-11-21)24-18(26)16-6-3-2-4-7-16/h2-4,6-7,12-13H,5,8-11,14H2,1H3,(H,24,26)(H,25,27). The first-order chi connectivity index (χ1) is 13.0. The zero-order chi connectivity index (χ0) is 18.9. The van der Waals surface area contributed by atoms with Gasteiger partial charge in [-0.15, -0.1) is 0 Å². The van der Waals surface area contributed by atoms with E-state index in [9.17, 15) is 9.59 Å². The van der Waals surface area contributed by atoms with Crippen LogP contribution in [0.5, 0.6) is 0 Å². The highest BCUT2D eigenvalue weighted by atomic mass is 16.2. The SMILES string of the molecule is Cc1cncc(C(=O)NC23CCCC(NC(=O)c4ccccc4)(CC2)C3)n1. The number of rotatable bonds is 4. The van der Waals surface area contributed by atoms with Crippen molar-refractivity contribution in [2.45, 2.75) is 56.5 Å². The van der Waals surface area contributed by atoms with Crippen LogP contribution >= 0.6 is 0 Å². The third-order valence-corrected chi connectivity index (χ3v) is 5.85. The second-order valence-electron chi connectivity index (χ2n) is 7.91. The maximum atomic E-state index is 12.7. The van der Waals surface area contributed by atoms with Gasteiger partial charge in [0.2, 0.25) is 0 Å². The maximum absolute atomic E-state index is 12.7. The van der Waals surface area contributed by atoms with Gasteiger partial charge in [0.05, 0.1) is 11.9 Å². The molecular weight excluding hydrogens is 340 g/mol. The lowest BCUT2D eigenvalue weighted by atomic mass is 9.78. The van der Waals surface area contributed by atoms with Gasteiger partial charge in [0, 0.05) is 22.8 Å². The first-order valence-electron chi connectivity index (χ1n) is 9.48. The minimum Gasteiger partial charge on any atom is -0.347 e. The third kappa shape index (κ3) is 3.56. The molecule has 2 N–H and O–H groups in total. The number of benzene rings is 1. The fraction of sp³-hybridized carbons (Fsp3) is 0.429. The Morgan fingerprint density at radius 2 is 1.59 bits per heavy atom. The Labute approximate surface area is 158 Å². The highest BCUT2D eigenvalue weighted by Gasteiger charge is 2.52. The molecule has 0 radical (unpaired) electrons. The molecule has 6 heteroatoms. The molecule has 2 unspecified atom stereocenters. The Bertz CT molecular complexity index is 869. The molecule has 1 aromatic carbocycles. The Hall–Kier alpha value is -2.76. The van der Waals surface area contributed by atoms with E-state index in [0.717, 1.165) is 44.2 Å². The van der Waals surface area contributed by atoms with E-state index in [1.807, 2.05) is 37.3 Å². The van der Waals surface area contributed by atoms with Gasteiger partial charge >= 0.3 is 0 Å². The lowest BCUT2D eigenvalue weighted by Gasteiger charge is -2.40. The third-order valence-electron chi connectivity index (χ3n) is 5.85. The van der Waals surface area contributed by atoms with E-state index in [0.29, 0.717) is 11.3 Å². The highest BCUT2D eigenvalue weighted by molar-refractivity contribution is 5.95. The molecule has 0 spiro atoms. The van der Waals surface area contributed by atoms with E-state index in [2.05, 4.69) is 20.6 Å². The molecule has 2 aromatic rings. The average Bonchev–Trinajstić information content (AvgIpc) is 2.92. The number of hydrogen-bond donors (Lipinski definition) is 2. The van der Waals surface area contributed by atoms with Crippen molar-refractivity contribution < 1.29 is 9.59 Å². The van der Waals surface area contributed by atoms with Gasteiger partial charge in [0.25, 0.3) is 11.8 Å². The van der Waals surface area contributed by atoms with Crippen LogP contribution in [0.2, 0.25) is 0 Å². The molecule has 2 aliphatic rings. The number of amides is 2. The van der Waals surface area contributed by atoms with Gasteiger partial charge in [-0.05, 0) is 57.6 Å². The van der Waals surface area contributed by atoms with Crippen LogP contribution in [0, 0.1) is 6.92 Å². The summed E-state index contributed by atoms with van der Waals surface area (Å²) < 4.78 is 0. The molecule has 2 amide bonds. The van der Waals surface area contributed by atoms with Crippen LogP contribution in [0.3, 0.4) is 0 Å². The maximum Gasteiger partial charge on any atom is 0.271 e. The quantitative estimate of drug-likeness (QED) is 0.874. The highest BCUT2D eigenvalue weighted by Crippen LogP contribution is 2.48. The molecule has 2 bridgehead atoms. The predicted molar refractivity (Wildman–Crippen MR) is 101 cm³/mol. The molecule has 0 saturated heterocycles. The van der Waals surface area contributed by atoms with Crippen molar-refractivity contribution in [3.63, 3.8) is 0 Å². The molecule has 2 aliphatic carbocycles. The molecule has 4 rings (SSSR count).